The van der Waals surface area contributed by atoms with Crippen molar-refractivity contribution in [2.45, 2.75) is 12.7 Å². The van der Waals surface area contributed by atoms with Crippen molar-refractivity contribution in [1.82, 2.24) is 10.2 Å². The molecule has 0 aliphatic carbocycles. The number of carbonyl (C=O) groups is 1. The monoisotopic (exact) mass is 404 g/mol. The van der Waals surface area contributed by atoms with Gasteiger partial charge in [0.2, 0.25) is 5.91 Å². The zero-order chi connectivity index (χ0) is 17.5. The first-order chi connectivity index (χ1) is 11.4. The lowest BCUT2D eigenvalue weighted by Crippen LogP contribution is -2.45. The molecule has 1 aliphatic rings. The number of halogens is 3. The highest BCUT2D eigenvalue weighted by atomic mass is 79.9. The maximum absolute atomic E-state index is 12.4. The van der Waals surface area contributed by atoms with Gasteiger partial charge < -0.3 is 19.7 Å². The summed E-state index contributed by atoms with van der Waals surface area (Å²) in [7, 11) is 2.00. The Labute approximate surface area is 147 Å². The Morgan fingerprint density at radius 2 is 2.38 bits per heavy atom. The minimum atomic E-state index is -2.92. The summed E-state index contributed by atoms with van der Waals surface area (Å²) in [6.07, 6.45) is 2.67. The summed E-state index contributed by atoms with van der Waals surface area (Å²) in [6.45, 7) is -0.263. The van der Waals surface area contributed by atoms with E-state index in [0.717, 1.165) is 13.1 Å². The van der Waals surface area contributed by atoms with E-state index >= 15 is 0 Å². The van der Waals surface area contributed by atoms with Crippen LogP contribution >= 0.6 is 15.9 Å². The predicted molar refractivity (Wildman–Crippen MR) is 90.1 cm³/mol. The topological polar surface area (TPSA) is 50.8 Å². The molecule has 1 saturated heterocycles. The van der Waals surface area contributed by atoms with Gasteiger partial charge in [-0.2, -0.15) is 8.78 Å². The molecular weight excluding hydrogens is 386 g/mol. The number of hydrogen-bond donors (Lipinski definition) is 1. The van der Waals surface area contributed by atoms with Crippen LogP contribution in [0.25, 0.3) is 6.08 Å². The SMILES string of the molecule is CN1CCOC(CNC(=O)/C=C/c2cc(Br)ccc2OC(F)F)C1. The fraction of sp³-hybridized carbons (Fsp3) is 0.438. The van der Waals surface area contributed by atoms with Gasteiger partial charge in [-0.3, -0.25) is 4.79 Å². The Bertz CT molecular complexity index is 599. The number of alkyl halides is 2. The van der Waals surface area contributed by atoms with Crippen LogP contribution in [0.5, 0.6) is 5.75 Å². The Kier molecular flexibility index (Phi) is 7.14. The molecule has 1 unspecified atom stereocenters. The third-order valence-electron chi connectivity index (χ3n) is 3.45. The highest BCUT2D eigenvalue weighted by molar-refractivity contribution is 9.10. The lowest BCUT2D eigenvalue weighted by molar-refractivity contribution is -0.117. The second kappa shape index (κ2) is 9.10. The van der Waals surface area contributed by atoms with Crippen molar-refractivity contribution >= 4 is 27.9 Å². The molecule has 1 aromatic carbocycles. The Morgan fingerprint density at radius 1 is 1.58 bits per heavy atom. The van der Waals surface area contributed by atoms with Crippen molar-refractivity contribution in [2.75, 3.05) is 33.3 Å². The molecule has 1 atom stereocenters. The predicted octanol–water partition coefficient (Wildman–Crippen LogP) is 2.51. The van der Waals surface area contributed by atoms with Gasteiger partial charge in [-0.1, -0.05) is 15.9 Å². The van der Waals surface area contributed by atoms with Crippen LogP contribution in [-0.2, 0) is 9.53 Å². The van der Waals surface area contributed by atoms with Crippen LogP contribution in [0.15, 0.2) is 28.7 Å². The lowest BCUT2D eigenvalue weighted by atomic mass is 10.2. The molecule has 1 amide bonds. The summed E-state index contributed by atoms with van der Waals surface area (Å²) in [4.78, 5) is 14.0. The number of nitrogens with one attached hydrogen (secondary N) is 1. The molecule has 1 aliphatic heterocycles. The maximum atomic E-state index is 12.4. The minimum Gasteiger partial charge on any atom is -0.434 e. The van der Waals surface area contributed by atoms with E-state index in [2.05, 4.69) is 30.9 Å². The van der Waals surface area contributed by atoms with Gasteiger partial charge in [-0.05, 0) is 31.3 Å². The highest BCUT2D eigenvalue weighted by Crippen LogP contribution is 2.25. The van der Waals surface area contributed by atoms with Gasteiger partial charge in [0.25, 0.3) is 0 Å². The maximum Gasteiger partial charge on any atom is 0.387 e. The molecular formula is C16H19BrF2N2O3. The second-order valence-corrected chi connectivity index (χ2v) is 6.31. The molecule has 0 radical (unpaired) electrons. The van der Waals surface area contributed by atoms with Gasteiger partial charge >= 0.3 is 6.61 Å². The first-order valence-corrected chi connectivity index (χ1v) is 8.24. The number of hydrogen-bond acceptors (Lipinski definition) is 4. The first-order valence-electron chi connectivity index (χ1n) is 7.44. The molecule has 0 aromatic heterocycles. The zero-order valence-electron chi connectivity index (χ0n) is 13.2. The summed E-state index contributed by atoms with van der Waals surface area (Å²) < 4.78 is 35.5. The molecule has 24 heavy (non-hydrogen) atoms. The lowest BCUT2D eigenvalue weighted by Gasteiger charge is -2.29. The van der Waals surface area contributed by atoms with Crippen LogP contribution in [0.1, 0.15) is 5.56 Å². The van der Waals surface area contributed by atoms with Crippen LogP contribution in [0.4, 0.5) is 8.78 Å². The standard InChI is InChI=1S/C16H19BrF2N2O3/c1-21-6-7-23-13(10-21)9-20-15(22)5-2-11-8-12(17)3-4-14(11)24-16(18)19/h2-5,8,13,16H,6-7,9-10H2,1H3,(H,20,22)/b5-2+. The number of nitrogens with zero attached hydrogens (tertiary/aromatic N) is 1. The number of carbonyl (C=O) groups excluding carboxylic acids is 1. The molecule has 132 valence electrons. The van der Waals surface area contributed by atoms with E-state index in [4.69, 9.17) is 4.74 Å². The molecule has 0 saturated carbocycles. The molecule has 1 N–H and O–H groups in total. The quantitative estimate of drug-likeness (QED) is 0.740. The minimum absolute atomic E-state index is 0.00879. The molecule has 1 aromatic rings. The van der Waals surface area contributed by atoms with E-state index in [1.807, 2.05) is 7.05 Å². The fourth-order valence-corrected chi connectivity index (χ4v) is 2.66. The first kappa shape index (κ1) is 18.8. The fourth-order valence-electron chi connectivity index (χ4n) is 2.28. The average molecular weight is 405 g/mol. The van der Waals surface area contributed by atoms with Crippen LogP contribution < -0.4 is 10.1 Å². The van der Waals surface area contributed by atoms with Crippen LogP contribution in [-0.4, -0.2) is 56.8 Å². The van der Waals surface area contributed by atoms with Crippen molar-refractivity contribution in [3.05, 3.63) is 34.3 Å². The molecule has 8 heteroatoms. The van der Waals surface area contributed by atoms with Crippen molar-refractivity contribution < 1.29 is 23.0 Å². The van der Waals surface area contributed by atoms with Gasteiger partial charge in [-0.25, -0.2) is 0 Å². The molecule has 1 heterocycles. The summed E-state index contributed by atoms with van der Waals surface area (Å²) >= 11 is 3.26. The third-order valence-corrected chi connectivity index (χ3v) is 3.94. The summed E-state index contributed by atoms with van der Waals surface area (Å²) in [5.74, 6) is -0.315. The Balaban J connectivity index is 1.92. The van der Waals surface area contributed by atoms with E-state index in [-0.39, 0.29) is 17.8 Å². The number of rotatable bonds is 6. The Morgan fingerprint density at radius 3 is 3.08 bits per heavy atom. The summed E-state index contributed by atoms with van der Waals surface area (Å²) in [6, 6.07) is 4.60. The van der Waals surface area contributed by atoms with Crippen molar-refractivity contribution in [3.63, 3.8) is 0 Å². The number of morpholine rings is 1. The van der Waals surface area contributed by atoms with Crippen molar-refractivity contribution in [3.8, 4) is 5.75 Å². The van der Waals surface area contributed by atoms with Gasteiger partial charge in [-0.15, -0.1) is 0 Å². The van der Waals surface area contributed by atoms with Crippen molar-refractivity contribution in [1.29, 1.82) is 0 Å². The van der Waals surface area contributed by atoms with E-state index in [1.165, 1.54) is 18.2 Å². The summed E-state index contributed by atoms with van der Waals surface area (Å²) in [5.41, 5.74) is 0.383. The largest absolute Gasteiger partial charge is 0.434 e. The smallest absolute Gasteiger partial charge is 0.387 e. The van der Waals surface area contributed by atoms with E-state index in [1.54, 1.807) is 12.1 Å². The second-order valence-electron chi connectivity index (χ2n) is 5.39. The van der Waals surface area contributed by atoms with Crippen LogP contribution in [0, 0.1) is 0 Å². The number of likely N-dealkylation sites (N-methyl/N-ethyl adjacent to an activating group) is 1. The molecule has 0 spiro atoms. The third kappa shape index (κ3) is 6.18. The van der Waals surface area contributed by atoms with E-state index in [0.29, 0.717) is 23.2 Å². The van der Waals surface area contributed by atoms with Crippen molar-refractivity contribution in [2.24, 2.45) is 0 Å². The van der Waals surface area contributed by atoms with E-state index < -0.39 is 6.61 Å². The zero-order valence-corrected chi connectivity index (χ0v) is 14.8. The Hall–Kier alpha value is -1.51. The molecule has 5 nitrogen and oxygen atoms in total. The van der Waals surface area contributed by atoms with Crippen LogP contribution in [0.3, 0.4) is 0 Å². The number of benzene rings is 1. The van der Waals surface area contributed by atoms with Crippen LogP contribution in [0.2, 0.25) is 0 Å². The molecule has 2 rings (SSSR count). The van der Waals surface area contributed by atoms with Gasteiger partial charge in [0.05, 0.1) is 12.7 Å². The number of ether oxygens (including phenoxy) is 2. The van der Waals surface area contributed by atoms with Gasteiger partial charge in [0.1, 0.15) is 5.75 Å². The average Bonchev–Trinajstić information content (AvgIpc) is 2.53. The summed E-state index contributed by atoms with van der Waals surface area (Å²) in [5, 5.41) is 2.74. The molecule has 1 fully saturated rings. The van der Waals surface area contributed by atoms with Gasteiger partial charge in [0, 0.05) is 35.7 Å². The highest BCUT2D eigenvalue weighted by Gasteiger charge is 2.17. The normalized spacial score (nSPS) is 19.0. The van der Waals surface area contributed by atoms with Gasteiger partial charge in [0.15, 0.2) is 0 Å². The molecule has 0 bridgehead atoms. The van der Waals surface area contributed by atoms with E-state index in [9.17, 15) is 13.6 Å². The number of amides is 1.